The number of rotatable bonds is 2. The van der Waals surface area contributed by atoms with Gasteiger partial charge in [0, 0.05) is 0 Å². The smallest absolute Gasteiger partial charge is 0.147 e. The Morgan fingerprint density at radius 2 is 2.00 bits per heavy atom. The molecule has 0 saturated carbocycles. The summed E-state index contributed by atoms with van der Waals surface area (Å²) in [7, 11) is 0. The van der Waals surface area contributed by atoms with Gasteiger partial charge in [0.25, 0.3) is 0 Å². The molecule has 15 heavy (non-hydrogen) atoms. The molecular weight excluding hydrogens is 188 g/mol. The van der Waals surface area contributed by atoms with Crippen LogP contribution in [0.2, 0.25) is 0 Å². The molecule has 1 N–H and O–H groups in total. The lowest BCUT2D eigenvalue weighted by Gasteiger charge is -2.17. The van der Waals surface area contributed by atoms with E-state index in [1.165, 1.54) is 0 Å². The minimum atomic E-state index is -0.579. The van der Waals surface area contributed by atoms with Crippen LogP contribution in [0.4, 0.5) is 0 Å². The first kappa shape index (κ1) is 8.89. The second-order valence-electron chi connectivity index (χ2n) is 3.95. The van der Waals surface area contributed by atoms with E-state index < -0.39 is 11.7 Å². The Morgan fingerprint density at radius 1 is 1.20 bits per heavy atom. The first-order valence-electron chi connectivity index (χ1n) is 5.10. The van der Waals surface area contributed by atoms with Gasteiger partial charge in [0.15, 0.2) is 0 Å². The average Bonchev–Trinajstić information content (AvgIpc) is 3.05. The normalized spacial score (nSPS) is 33.5. The first-order chi connectivity index (χ1) is 7.33. The number of ether oxygens (including phenoxy) is 1. The van der Waals surface area contributed by atoms with Gasteiger partial charge in [-0.15, -0.1) is 0 Å². The maximum absolute atomic E-state index is 10.2. The molecule has 2 nitrogen and oxygen atoms in total. The van der Waals surface area contributed by atoms with Crippen LogP contribution in [0.3, 0.4) is 0 Å². The van der Waals surface area contributed by atoms with Crippen LogP contribution in [-0.4, -0.2) is 16.8 Å². The van der Waals surface area contributed by atoms with Crippen LogP contribution in [0.1, 0.15) is 11.7 Å². The molecule has 1 aliphatic carbocycles. The van der Waals surface area contributed by atoms with E-state index in [1.54, 1.807) is 0 Å². The van der Waals surface area contributed by atoms with Gasteiger partial charge in [-0.05, 0) is 11.6 Å². The lowest BCUT2D eigenvalue weighted by atomic mass is 9.90. The Labute approximate surface area is 88.5 Å². The topological polar surface area (TPSA) is 32.8 Å². The fraction of sp³-hybridized carbons (Fsp3) is 0.231. The van der Waals surface area contributed by atoms with Crippen LogP contribution in [0, 0.1) is 0 Å². The van der Waals surface area contributed by atoms with Crippen LogP contribution >= 0.6 is 0 Å². The van der Waals surface area contributed by atoms with Crippen molar-refractivity contribution in [3.8, 4) is 0 Å². The van der Waals surface area contributed by atoms with Crippen LogP contribution in [-0.2, 0) is 4.74 Å². The predicted octanol–water partition coefficient (Wildman–Crippen LogP) is 1.98. The van der Waals surface area contributed by atoms with E-state index >= 15 is 0 Å². The zero-order valence-electron chi connectivity index (χ0n) is 8.21. The van der Waals surface area contributed by atoms with Crippen molar-refractivity contribution in [2.24, 2.45) is 0 Å². The number of epoxide rings is 1. The Kier molecular flexibility index (Phi) is 1.81. The van der Waals surface area contributed by atoms with Crippen LogP contribution in [0.5, 0.6) is 0 Å². The lowest BCUT2D eigenvalue weighted by molar-refractivity contribution is 0.100. The molecule has 0 aromatic heterocycles. The monoisotopic (exact) mass is 200 g/mol. The minimum absolute atomic E-state index is 0.0395. The first-order valence-corrected chi connectivity index (χ1v) is 5.10. The van der Waals surface area contributed by atoms with Gasteiger partial charge in [-0.1, -0.05) is 48.6 Å². The summed E-state index contributed by atoms with van der Waals surface area (Å²) in [5.74, 6) is 0. The van der Waals surface area contributed by atoms with Crippen LogP contribution in [0.25, 0.3) is 0 Å². The standard InChI is InChI=1S/C13H12O2/c14-12(10-6-2-1-3-7-10)13-9-5-4-8-11(13)15-13/h1-9,11-12,14H. The molecule has 1 aromatic carbocycles. The Bertz CT molecular complexity index is 421. The fourth-order valence-electron chi connectivity index (χ4n) is 2.09. The van der Waals surface area contributed by atoms with E-state index in [0.29, 0.717) is 0 Å². The average molecular weight is 200 g/mol. The molecule has 0 spiro atoms. The molecule has 2 aliphatic rings. The van der Waals surface area contributed by atoms with Crippen LogP contribution < -0.4 is 0 Å². The Hall–Kier alpha value is -1.38. The van der Waals surface area contributed by atoms with Crippen molar-refractivity contribution >= 4 is 0 Å². The molecule has 3 atom stereocenters. The highest BCUT2D eigenvalue weighted by atomic mass is 16.6. The molecule has 76 valence electrons. The second-order valence-corrected chi connectivity index (χ2v) is 3.95. The number of hydrogen-bond donors (Lipinski definition) is 1. The van der Waals surface area contributed by atoms with Crippen molar-refractivity contribution in [1.29, 1.82) is 0 Å². The SMILES string of the molecule is OC(c1ccccc1)C12C=CC=CC1O2. The van der Waals surface area contributed by atoms with E-state index in [2.05, 4.69) is 0 Å². The van der Waals surface area contributed by atoms with Gasteiger partial charge in [-0.25, -0.2) is 0 Å². The molecule has 0 radical (unpaired) electrons. The van der Waals surface area contributed by atoms with Crippen molar-refractivity contribution in [1.82, 2.24) is 0 Å². The third-order valence-corrected chi connectivity index (χ3v) is 3.01. The predicted molar refractivity (Wildman–Crippen MR) is 57.3 cm³/mol. The molecule has 3 unspecified atom stereocenters. The highest BCUT2D eigenvalue weighted by Gasteiger charge is 2.59. The largest absolute Gasteiger partial charge is 0.385 e. The number of hydrogen-bond acceptors (Lipinski definition) is 2. The summed E-state index contributed by atoms with van der Waals surface area (Å²) < 4.78 is 5.56. The maximum Gasteiger partial charge on any atom is 0.147 e. The van der Waals surface area contributed by atoms with Gasteiger partial charge in [0.1, 0.15) is 17.8 Å². The second kappa shape index (κ2) is 3.05. The molecule has 1 saturated heterocycles. The molecule has 1 fully saturated rings. The number of aliphatic hydroxyl groups is 1. The van der Waals surface area contributed by atoms with E-state index in [-0.39, 0.29) is 6.10 Å². The number of allylic oxidation sites excluding steroid dienone is 2. The molecule has 2 heteroatoms. The van der Waals surface area contributed by atoms with Crippen molar-refractivity contribution < 1.29 is 9.84 Å². The van der Waals surface area contributed by atoms with E-state index in [9.17, 15) is 5.11 Å². The summed E-state index contributed by atoms with van der Waals surface area (Å²) >= 11 is 0. The summed E-state index contributed by atoms with van der Waals surface area (Å²) in [6.45, 7) is 0. The van der Waals surface area contributed by atoms with E-state index in [0.717, 1.165) is 5.56 Å². The highest BCUT2D eigenvalue weighted by molar-refractivity contribution is 5.37. The quantitative estimate of drug-likeness (QED) is 0.740. The fourth-order valence-corrected chi connectivity index (χ4v) is 2.09. The number of fused-ring (bicyclic) bond motifs is 1. The molecule has 1 heterocycles. The van der Waals surface area contributed by atoms with Crippen molar-refractivity contribution in [3.63, 3.8) is 0 Å². The number of aliphatic hydroxyl groups excluding tert-OH is 1. The number of benzene rings is 1. The molecule has 1 aromatic rings. The summed E-state index contributed by atoms with van der Waals surface area (Å²) in [6.07, 6.45) is 7.26. The summed E-state index contributed by atoms with van der Waals surface area (Å²) in [5, 5.41) is 10.2. The van der Waals surface area contributed by atoms with Gasteiger partial charge in [0.2, 0.25) is 0 Å². The summed E-state index contributed by atoms with van der Waals surface area (Å²) in [5.41, 5.74) is 0.399. The maximum atomic E-state index is 10.2. The van der Waals surface area contributed by atoms with Gasteiger partial charge < -0.3 is 9.84 Å². The third-order valence-electron chi connectivity index (χ3n) is 3.01. The molecular formula is C13H12O2. The third kappa shape index (κ3) is 1.26. The van der Waals surface area contributed by atoms with Gasteiger partial charge in [-0.3, -0.25) is 0 Å². The summed E-state index contributed by atoms with van der Waals surface area (Å²) in [4.78, 5) is 0. The van der Waals surface area contributed by atoms with Crippen molar-refractivity contribution in [3.05, 3.63) is 60.2 Å². The highest BCUT2D eigenvalue weighted by Crippen LogP contribution is 2.49. The Morgan fingerprint density at radius 3 is 2.73 bits per heavy atom. The molecule has 0 amide bonds. The molecule has 1 aliphatic heterocycles. The zero-order chi connectivity index (χ0) is 10.3. The van der Waals surface area contributed by atoms with E-state index in [1.807, 2.05) is 54.6 Å². The zero-order valence-corrected chi connectivity index (χ0v) is 8.21. The Balaban J connectivity index is 1.91. The van der Waals surface area contributed by atoms with Gasteiger partial charge >= 0.3 is 0 Å². The minimum Gasteiger partial charge on any atom is -0.385 e. The van der Waals surface area contributed by atoms with Gasteiger partial charge in [0.05, 0.1) is 0 Å². The summed E-state index contributed by atoms with van der Waals surface area (Å²) in [6, 6.07) is 9.63. The lowest BCUT2D eigenvalue weighted by Crippen LogP contribution is -2.23. The van der Waals surface area contributed by atoms with E-state index in [4.69, 9.17) is 4.74 Å². The van der Waals surface area contributed by atoms with Crippen LogP contribution in [0.15, 0.2) is 54.6 Å². The van der Waals surface area contributed by atoms with Crippen molar-refractivity contribution in [2.45, 2.75) is 17.8 Å². The van der Waals surface area contributed by atoms with Gasteiger partial charge in [-0.2, -0.15) is 0 Å². The molecule has 0 bridgehead atoms. The molecule has 3 rings (SSSR count). The van der Waals surface area contributed by atoms with Crippen molar-refractivity contribution in [2.75, 3.05) is 0 Å².